The molecule has 0 radical (unpaired) electrons. The van der Waals surface area contributed by atoms with Crippen molar-refractivity contribution in [1.82, 2.24) is 10.2 Å². The zero-order valence-electron chi connectivity index (χ0n) is 16.7. The van der Waals surface area contributed by atoms with Gasteiger partial charge in [-0.25, -0.2) is 0 Å². The molecule has 0 spiro atoms. The second-order valence-corrected chi connectivity index (χ2v) is 7.95. The molecular formula is C22H26Cl2N2O3. The predicted octanol–water partition coefficient (Wildman–Crippen LogP) is 4.54. The summed E-state index contributed by atoms with van der Waals surface area (Å²) in [5.74, 6) is 1.35. The number of nitrogens with one attached hydrogen (secondary N) is 1. The normalized spacial score (nSPS) is 17.0. The molecule has 1 N–H and O–H groups in total. The smallest absolute Gasteiger partial charge is 0.224 e. The van der Waals surface area contributed by atoms with E-state index in [1.807, 2.05) is 36.4 Å². The number of benzene rings is 2. The third-order valence-corrected chi connectivity index (χ3v) is 6.00. The quantitative estimate of drug-likeness (QED) is 0.691. The van der Waals surface area contributed by atoms with Gasteiger partial charge in [0.15, 0.2) is 0 Å². The number of rotatable bonds is 7. The van der Waals surface area contributed by atoms with Gasteiger partial charge in [0, 0.05) is 28.7 Å². The third-order valence-electron chi connectivity index (χ3n) is 5.29. The fourth-order valence-electron chi connectivity index (χ4n) is 3.74. The van der Waals surface area contributed by atoms with Gasteiger partial charge in [-0.2, -0.15) is 0 Å². The first-order valence-electron chi connectivity index (χ1n) is 9.66. The first kappa shape index (κ1) is 21.8. The third kappa shape index (κ3) is 5.35. The van der Waals surface area contributed by atoms with Gasteiger partial charge in [-0.3, -0.25) is 9.69 Å². The summed E-state index contributed by atoms with van der Waals surface area (Å²) in [5, 5.41) is 4.37. The van der Waals surface area contributed by atoms with E-state index in [2.05, 4.69) is 10.2 Å². The van der Waals surface area contributed by atoms with Gasteiger partial charge >= 0.3 is 0 Å². The van der Waals surface area contributed by atoms with Crippen molar-refractivity contribution in [2.24, 2.45) is 5.92 Å². The summed E-state index contributed by atoms with van der Waals surface area (Å²) in [6.07, 6.45) is 1.82. The lowest BCUT2D eigenvalue weighted by Crippen LogP contribution is -2.42. The van der Waals surface area contributed by atoms with E-state index in [1.165, 1.54) is 0 Å². The van der Waals surface area contributed by atoms with Gasteiger partial charge in [-0.05, 0) is 43.7 Å². The maximum atomic E-state index is 12.8. The molecule has 1 heterocycles. The largest absolute Gasteiger partial charge is 0.496 e. The van der Waals surface area contributed by atoms with Crippen LogP contribution in [0.5, 0.6) is 11.5 Å². The summed E-state index contributed by atoms with van der Waals surface area (Å²) >= 11 is 12.6. The van der Waals surface area contributed by atoms with Crippen molar-refractivity contribution in [2.45, 2.75) is 25.9 Å². The van der Waals surface area contributed by atoms with Crippen LogP contribution < -0.4 is 14.8 Å². The molecule has 1 aliphatic heterocycles. The lowest BCUT2D eigenvalue weighted by atomic mass is 9.96. The molecule has 3 rings (SSSR count). The molecule has 156 valence electrons. The fraction of sp³-hybridized carbons (Fsp3) is 0.409. The number of carbonyl (C=O) groups excluding carboxylic acids is 1. The van der Waals surface area contributed by atoms with Crippen LogP contribution >= 0.6 is 23.2 Å². The van der Waals surface area contributed by atoms with Gasteiger partial charge in [0.1, 0.15) is 11.5 Å². The van der Waals surface area contributed by atoms with Crippen molar-refractivity contribution >= 4 is 29.1 Å². The van der Waals surface area contributed by atoms with Crippen molar-refractivity contribution in [1.29, 1.82) is 0 Å². The van der Waals surface area contributed by atoms with Gasteiger partial charge < -0.3 is 14.8 Å². The molecule has 1 fully saturated rings. The number of halogens is 2. The van der Waals surface area contributed by atoms with Gasteiger partial charge in [-0.1, -0.05) is 35.3 Å². The Morgan fingerprint density at radius 3 is 2.31 bits per heavy atom. The van der Waals surface area contributed by atoms with Crippen molar-refractivity contribution < 1.29 is 14.3 Å². The van der Waals surface area contributed by atoms with E-state index in [0.29, 0.717) is 41.2 Å². The molecule has 5 nitrogen and oxygen atoms in total. The molecule has 2 aromatic carbocycles. The Bertz CT molecular complexity index is 817. The average Bonchev–Trinajstić information content (AvgIpc) is 2.74. The number of nitrogens with zero attached hydrogens (tertiary/aromatic N) is 1. The number of likely N-dealkylation sites (tertiary alicyclic amines) is 1. The van der Waals surface area contributed by atoms with E-state index >= 15 is 0 Å². The van der Waals surface area contributed by atoms with Crippen LogP contribution in [-0.4, -0.2) is 38.1 Å². The molecular weight excluding hydrogens is 411 g/mol. The van der Waals surface area contributed by atoms with Crippen LogP contribution in [0.15, 0.2) is 36.4 Å². The highest BCUT2D eigenvalue weighted by Crippen LogP contribution is 2.29. The number of methoxy groups -OCH3 is 2. The molecule has 0 aromatic heterocycles. The van der Waals surface area contributed by atoms with Crippen molar-refractivity contribution in [3.8, 4) is 11.5 Å². The zero-order chi connectivity index (χ0) is 20.8. The number of amides is 1. The Labute approximate surface area is 181 Å². The molecule has 0 aliphatic carbocycles. The molecule has 0 bridgehead atoms. The van der Waals surface area contributed by atoms with Gasteiger partial charge in [0.2, 0.25) is 5.91 Å². The van der Waals surface area contributed by atoms with Crippen LogP contribution in [0.25, 0.3) is 0 Å². The summed E-state index contributed by atoms with van der Waals surface area (Å²) < 4.78 is 10.8. The lowest BCUT2D eigenvalue weighted by molar-refractivity contribution is -0.126. The molecule has 0 saturated carbocycles. The minimum absolute atomic E-state index is 0.0351. The molecule has 1 saturated heterocycles. The van der Waals surface area contributed by atoms with Crippen LogP contribution in [0.1, 0.15) is 24.0 Å². The van der Waals surface area contributed by atoms with Crippen molar-refractivity contribution in [3.63, 3.8) is 0 Å². The number of hydrogen-bond donors (Lipinski definition) is 1. The number of hydrogen-bond acceptors (Lipinski definition) is 4. The maximum Gasteiger partial charge on any atom is 0.224 e. The Hall–Kier alpha value is -1.95. The number of carbonyl (C=O) groups is 1. The second kappa shape index (κ2) is 10.2. The molecule has 1 unspecified atom stereocenters. The van der Waals surface area contributed by atoms with Gasteiger partial charge in [0.05, 0.1) is 32.2 Å². The molecule has 1 atom stereocenters. The van der Waals surface area contributed by atoms with E-state index in [1.54, 1.807) is 14.2 Å². The van der Waals surface area contributed by atoms with Crippen molar-refractivity contribution in [3.05, 3.63) is 57.6 Å². The molecule has 7 heteroatoms. The Morgan fingerprint density at radius 1 is 1.07 bits per heavy atom. The van der Waals surface area contributed by atoms with Gasteiger partial charge in [-0.15, -0.1) is 0 Å². The Kier molecular flexibility index (Phi) is 7.64. The van der Waals surface area contributed by atoms with Gasteiger partial charge in [0.25, 0.3) is 0 Å². The molecule has 1 aliphatic rings. The first-order valence-corrected chi connectivity index (χ1v) is 10.4. The van der Waals surface area contributed by atoms with Crippen LogP contribution in [0.3, 0.4) is 0 Å². The monoisotopic (exact) mass is 436 g/mol. The van der Waals surface area contributed by atoms with E-state index in [0.717, 1.165) is 30.5 Å². The van der Waals surface area contributed by atoms with Crippen LogP contribution in [0.2, 0.25) is 10.0 Å². The zero-order valence-corrected chi connectivity index (χ0v) is 18.2. The van der Waals surface area contributed by atoms with Crippen LogP contribution in [0.4, 0.5) is 0 Å². The SMILES string of the molecule is COc1cccc(OC)c1CNC(=O)C1CCCN(Cc2c(Cl)cccc2Cl)C1. The average molecular weight is 437 g/mol. The Balaban J connectivity index is 1.62. The highest BCUT2D eigenvalue weighted by Gasteiger charge is 2.27. The lowest BCUT2D eigenvalue weighted by Gasteiger charge is -2.32. The summed E-state index contributed by atoms with van der Waals surface area (Å²) in [5.41, 5.74) is 1.75. The second-order valence-electron chi connectivity index (χ2n) is 7.13. The first-order chi connectivity index (χ1) is 14.0. The molecule has 29 heavy (non-hydrogen) atoms. The van der Waals surface area contributed by atoms with E-state index < -0.39 is 0 Å². The minimum atomic E-state index is -0.0780. The Morgan fingerprint density at radius 2 is 1.69 bits per heavy atom. The van der Waals surface area contributed by atoms with E-state index in [9.17, 15) is 4.79 Å². The highest BCUT2D eigenvalue weighted by molar-refractivity contribution is 6.35. The minimum Gasteiger partial charge on any atom is -0.496 e. The predicted molar refractivity (Wildman–Crippen MR) is 116 cm³/mol. The number of ether oxygens (including phenoxy) is 2. The maximum absolute atomic E-state index is 12.8. The summed E-state index contributed by atoms with van der Waals surface area (Å²) in [6.45, 7) is 2.60. The molecule has 2 aromatic rings. The summed E-state index contributed by atoms with van der Waals surface area (Å²) in [4.78, 5) is 15.1. The highest BCUT2D eigenvalue weighted by atomic mass is 35.5. The van der Waals surface area contributed by atoms with Crippen LogP contribution in [-0.2, 0) is 17.9 Å². The fourth-order valence-corrected chi connectivity index (χ4v) is 4.26. The standard InChI is InChI=1S/C22H26Cl2N2O3/c1-28-20-9-4-10-21(29-2)16(20)12-25-22(27)15-6-5-11-26(13-15)14-17-18(23)7-3-8-19(17)24/h3-4,7-10,15H,5-6,11-14H2,1-2H3,(H,25,27). The number of piperidine rings is 1. The van der Waals surface area contributed by atoms with E-state index in [4.69, 9.17) is 32.7 Å². The molecule has 1 amide bonds. The van der Waals surface area contributed by atoms with Crippen molar-refractivity contribution in [2.75, 3.05) is 27.3 Å². The summed E-state index contributed by atoms with van der Waals surface area (Å²) in [7, 11) is 3.22. The van der Waals surface area contributed by atoms with Crippen LogP contribution in [0, 0.1) is 5.92 Å². The van der Waals surface area contributed by atoms with E-state index in [-0.39, 0.29) is 11.8 Å². The topological polar surface area (TPSA) is 50.8 Å². The summed E-state index contributed by atoms with van der Waals surface area (Å²) in [6, 6.07) is 11.1.